The zero-order chi connectivity index (χ0) is 24.9. The molecular formula is C29H41N3O3. The highest BCUT2D eigenvalue weighted by Gasteiger charge is 2.26. The number of ether oxygens (including phenoxy) is 1. The maximum Gasteiger partial charge on any atom is 0.242 e. The van der Waals surface area contributed by atoms with Crippen LogP contribution in [0.15, 0.2) is 54.6 Å². The fourth-order valence-electron chi connectivity index (χ4n) is 4.90. The molecule has 3 rings (SSSR count). The number of anilines is 1. The Morgan fingerprint density at radius 3 is 2.31 bits per heavy atom. The largest absolute Gasteiger partial charge is 0.497 e. The molecule has 0 saturated heterocycles. The number of benzene rings is 2. The first-order chi connectivity index (χ1) is 17.1. The van der Waals surface area contributed by atoms with Gasteiger partial charge in [-0.05, 0) is 55.0 Å². The van der Waals surface area contributed by atoms with Gasteiger partial charge >= 0.3 is 0 Å². The predicted octanol–water partition coefficient (Wildman–Crippen LogP) is 5.26. The zero-order valence-electron chi connectivity index (χ0n) is 21.2. The van der Waals surface area contributed by atoms with Gasteiger partial charge in [-0.25, -0.2) is 0 Å². The quantitative estimate of drug-likeness (QED) is 0.342. The fraction of sp³-hybridized carbons (Fsp3) is 0.517. The number of nitrogens with one attached hydrogen (secondary N) is 3. The van der Waals surface area contributed by atoms with Crippen LogP contribution in [0.3, 0.4) is 0 Å². The smallest absolute Gasteiger partial charge is 0.242 e. The van der Waals surface area contributed by atoms with Gasteiger partial charge in [-0.2, -0.15) is 0 Å². The summed E-state index contributed by atoms with van der Waals surface area (Å²) in [6, 6.07) is 17.0. The average Bonchev–Trinajstić information content (AvgIpc) is 2.91. The second-order valence-corrected chi connectivity index (χ2v) is 9.46. The van der Waals surface area contributed by atoms with Crippen LogP contribution in [0.1, 0.15) is 69.8 Å². The predicted molar refractivity (Wildman–Crippen MR) is 142 cm³/mol. The monoisotopic (exact) mass is 479 g/mol. The molecule has 6 heteroatoms. The minimum absolute atomic E-state index is 0.0705. The summed E-state index contributed by atoms with van der Waals surface area (Å²) in [7, 11) is 1.64. The zero-order valence-corrected chi connectivity index (χ0v) is 21.2. The molecule has 0 unspecified atom stereocenters. The Morgan fingerprint density at radius 1 is 0.943 bits per heavy atom. The lowest BCUT2D eigenvalue weighted by atomic mass is 9.85. The van der Waals surface area contributed by atoms with E-state index < -0.39 is 6.04 Å². The van der Waals surface area contributed by atoms with Gasteiger partial charge in [-0.3, -0.25) is 9.59 Å². The number of rotatable bonds is 13. The van der Waals surface area contributed by atoms with Crippen molar-refractivity contribution in [3.05, 3.63) is 60.2 Å². The third-order valence-electron chi connectivity index (χ3n) is 6.99. The Labute approximate surface area is 210 Å². The van der Waals surface area contributed by atoms with E-state index in [4.69, 9.17) is 4.74 Å². The van der Waals surface area contributed by atoms with Crippen LogP contribution in [0, 0.1) is 5.92 Å². The number of hydrogen-bond acceptors (Lipinski definition) is 4. The van der Waals surface area contributed by atoms with E-state index in [1.807, 2.05) is 61.5 Å². The maximum absolute atomic E-state index is 13.2. The van der Waals surface area contributed by atoms with Crippen molar-refractivity contribution in [2.45, 2.75) is 70.3 Å². The van der Waals surface area contributed by atoms with Crippen LogP contribution in [0.25, 0.3) is 0 Å². The molecular weight excluding hydrogens is 438 g/mol. The highest BCUT2D eigenvalue weighted by atomic mass is 16.5. The minimum atomic E-state index is -0.511. The molecule has 2 atom stereocenters. The van der Waals surface area contributed by atoms with Crippen molar-refractivity contribution in [1.29, 1.82) is 0 Å². The van der Waals surface area contributed by atoms with Gasteiger partial charge < -0.3 is 20.7 Å². The average molecular weight is 480 g/mol. The van der Waals surface area contributed by atoms with Gasteiger partial charge in [0.1, 0.15) is 11.8 Å². The summed E-state index contributed by atoms with van der Waals surface area (Å²) in [5, 5.41) is 9.42. The van der Waals surface area contributed by atoms with Crippen LogP contribution >= 0.6 is 0 Å². The lowest BCUT2D eigenvalue weighted by Gasteiger charge is -2.26. The van der Waals surface area contributed by atoms with Crippen molar-refractivity contribution in [3.63, 3.8) is 0 Å². The molecule has 1 fully saturated rings. The second-order valence-electron chi connectivity index (χ2n) is 9.46. The van der Waals surface area contributed by atoms with Crippen molar-refractivity contribution in [3.8, 4) is 5.75 Å². The summed E-state index contributed by atoms with van der Waals surface area (Å²) in [4.78, 5) is 26.3. The molecule has 1 aliphatic carbocycles. The summed E-state index contributed by atoms with van der Waals surface area (Å²) >= 11 is 0. The van der Waals surface area contributed by atoms with E-state index in [0.717, 1.165) is 23.4 Å². The second kappa shape index (κ2) is 14.4. The summed E-state index contributed by atoms with van der Waals surface area (Å²) in [6.45, 7) is 3.10. The molecule has 2 amide bonds. The van der Waals surface area contributed by atoms with Gasteiger partial charge in [-0.1, -0.05) is 69.4 Å². The first-order valence-corrected chi connectivity index (χ1v) is 13.1. The fourth-order valence-corrected chi connectivity index (χ4v) is 4.90. The van der Waals surface area contributed by atoms with E-state index in [9.17, 15) is 9.59 Å². The van der Waals surface area contributed by atoms with E-state index in [1.54, 1.807) is 7.11 Å². The van der Waals surface area contributed by atoms with Crippen molar-refractivity contribution < 1.29 is 14.3 Å². The van der Waals surface area contributed by atoms with Gasteiger partial charge in [0.05, 0.1) is 13.0 Å². The lowest BCUT2D eigenvalue weighted by molar-refractivity contribution is -0.130. The Balaban J connectivity index is 1.55. The van der Waals surface area contributed by atoms with Crippen molar-refractivity contribution >= 4 is 17.5 Å². The van der Waals surface area contributed by atoms with E-state index in [0.29, 0.717) is 31.8 Å². The van der Waals surface area contributed by atoms with Gasteiger partial charge in [0.15, 0.2) is 0 Å². The molecule has 35 heavy (non-hydrogen) atoms. The highest BCUT2D eigenvalue weighted by Crippen LogP contribution is 2.28. The molecule has 0 heterocycles. The van der Waals surface area contributed by atoms with Gasteiger partial charge in [-0.15, -0.1) is 0 Å². The third kappa shape index (κ3) is 8.61. The van der Waals surface area contributed by atoms with Crippen LogP contribution in [0.5, 0.6) is 5.75 Å². The molecule has 6 nitrogen and oxygen atoms in total. The van der Waals surface area contributed by atoms with Gasteiger partial charge in [0.2, 0.25) is 11.8 Å². The molecule has 0 spiro atoms. The maximum atomic E-state index is 13.2. The van der Waals surface area contributed by atoms with E-state index in [1.165, 1.54) is 32.1 Å². The molecule has 1 aliphatic rings. The molecule has 2 aromatic carbocycles. The summed E-state index contributed by atoms with van der Waals surface area (Å²) in [5.74, 6) is 1.04. The summed E-state index contributed by atoms with van der Waals surface area (Å²) < 4.78 is 5.18. The van der Waals surface area contributed by atoms with Crippen LogP contribution < -0.4 is 20.7 Å². The molecule has 0 aliphatic heterocycles. The van der Waals surface area contributed by atoms with Crippen molar-refractivity contribution in [2.24, 2.45) is 5.92 Å². The van der Waals surface area contributed by atoms with Gasteiger partial charge in [0, 0.05) is 18.8 Å². The Hall–Kier alpha value is -3.02. The minimum Gasteiger partial charge on any atom is -0.497 e. The number of amides is 2. The van der Waals surface area contributed by atoms with Crippen LogP contribution in [0.2, 0.25) is 0 Å². The van der Waals surface area contributed by atoms with E-state index in [-0.39, 0.29) is 17.7 Å². The van der Waals surface area contributed by atoms with Crippen LogP contribution in [0.4, 0.5) is 5.69 Å². The summed E-state index contributed by atoms with van der Waals surface area (Å²) in [6.07, 6.45) is 8.68. The number of carbonyl (C=O) groups is 2. The van der Waals surface area contributed by atoms with Crippen LogP contribution in [-0.2, 0) is 9.59 Å². The number of carbonyl (C=O) groups excluding carboxylic acids is 2. The molecule has 190 valence electrons. The summed E-state index contributed by atoms with van der Waals surface area (Å²) in [5.41, 5.74) is 1.96. The standard InChI is InChI=1S/C29H41N3O3/c1-3-26(23-12-8-5-9-13-23)28(33)32-27(19-14-22-10-6-4-7-11-22)29(34)31-21-20-30-24-15-17-25(35-2)18-16-24/h5,8-9,12-13,15-18,22,26-27,30H,3-4,6-7,10-11,14,19-21H2,1-2H3,(H,31,34)(H,32,33)/t26-,27-/m0/s1. The molecule has 0 bridgehead atoms. The first-order valence-electron chi connectivity index (χ1n) is 13.1. The normalized spacial score (nSPS) is 15.6. The lowest BCUT2D eigenvalue weighted by Crippen LogP contribution is -2.49. The van der Waals surface area contributed by atoms with Crippen molar-refractivity contribution in [1.82, 2.24) is 10.6 Å². The van der Waals surface area contributed by atoms with Crippen molar-refractivity contribution in [2.75, 3.05) is 25.5 Å². The molecule has 1 saturated carbocycles. The molecule has 0 radical (unpaired) electrons. The van der Waals surface area contributed by atoms with Gasteiger partial charge in [0.25, 0.3) is 0 Å². The number of methoxy groups -OCH3 is 1. The SMILES string of the molecule is CC[C@H](C(=O)N[C@@H](CCC1CCCCC1)C(=O)NCCNc1ccc(OC)cc1)c1ccccc1. The molecule has 3 N–H and O–H groups in total. The van der Waals surface area contributed by atoms with E-state index in [2.05, 4.69) is 16.0 Å². The highest BCUT2D eigenvalue weighted by molar-refractivity contribution is 5.90. The topological polar surface area (TPSA) is 79.5 Å². The Morgan fingerprint density at radius 2 is 1.66 bits per heavy atom. The Kier molecular flexibility index (Phi) is 10.9. The van der Waals surface area contributed by atoms with Crippen LogP contribution in [-0.4, -0.2) is 38.1 Å². The molecule has 2 aromatic rings. The number of hydrogen-bond donors (Lipinski definition) is 3. The van der Waals surface area contributed by atoms with E-state index >= 15 is 0 Å². The third-order valence-corrected chi connectivity index (χ3v) is 6.99. The first kappa shape index (κ1) is 26.6. The Bertz CT molecular complexity index is 895. The molecule has 0 aromatic heterocycles.